The van der Waals surface area contributed by atoms with E-state index in [2.05, 4.69) is 20.4 Å². The van der Waals surface area contributed by atoms with Crippen molar-refractivity contribution in [3.8, 4) is 5.75 Å². The number of nitrogens with zero attached hydrogens (tertiary/aromatic N) is 7. The van der Waals surface area contributed by atoms with Crippen molar-refractivity contribution < 1.29 is 32.6 Å². The van der Waals surface area contributed by atoms with Gasteiger partial charge in [0.15, 0.2) is 16.7 Å². The van der Waals surface area contributed by atoms with Gasteiger partial charge >= 0.3 is 6.18 Å². The molecule has 2 aliphatic heterocycles. The van der Waals surface area contributed by atoms with Crippen molar-refractivity contribution in [1.82, 2.24) is 34.0 Å². The number of anilines is 1. The number of alkyl halides is 3. The molecule has 13 nitrogen and oxygen atoms in total. The van der Waals surface area contributed by atoms with Crippen LogP contribution in [0.4, 0.5) is 18.9 Å². The third-order valence-corrected chi connectivity index (χ3v) is 10.3. The smallest absolute Gasteiger partial charge is 0.433 e. The highest BCUT2D eigenvalue weighted by Crippen LogP contribution is 2.67. The Bertz CT molecular complexity index is 2140. The van der Waals surface area contributed by atoms with Gasteiger partial charge in [0.05, 0.1) is 18.9 Å². The zero-order valence-electron chi connectivity index (χ0n) is 25.7. The first-order valence-electron chi connectivity index (χ1n) is 15.7. The van der Waals surface area contributed by atoms with Crippen molar-refractivity contribution in [3.63, 3.8) is 0 Å². The number of carbonyl (C=O) groups is 2. The Labute approximate surface area is 280 Å². The van der Waals surface area contributed by atoms with Gasteiger partial charge < -0.3 is 24.6 Å². The van der Waals surface area contributed by atoms with E-state index in [9.17, 15) is 32.7 Å². The number of likely N-dealkylation sites (tertiary alicyclic amines) is 1. The van der Waals surface area contributed by atoms with Crippen molar-refractivity contribution in [2.24, 2.45) is 5.92 Å². The fourth-order valence-electron chi connectivity index (χ4n) is 7.70. The topological polar surface area (TPSA) is 157 Å². The lowest BCUT2D eigenvalue weighted by atomic mass is 9.71. The predicted molar refractivity (Wildman–Crippen MR) is 167 cm³/mol. The predicted octanol–water partition coefficient (Wildman–Crippen LogP) is 3.79. The van der Waals surface area contributed by atoms with Crippen molar-refractivity contribution >= 4 is 40.5 Å². The van der Waals surface area contributed by atoms with E-state index in [1.165, 1.54) is 22.8 Å². The van der Waals surface area contributed by atoms with Crippen LogP contribution in [0.5, 0.6) is 5.75 Å². The number of fused-ring (bicyclic) bond motifs is 6. The third-order valence-electron chi connectivity index (χ3n) is 10.0. The molecular weight excluding hydrogens is 669 g/mol. The van der Waals surface area contributed by atoms with Gasteiger partial charge in [0.25, 0.3) is 11.5 Å². The van der Waals surface area contributed by atoms with E-state index in [-0.39, 0.29) is 46.8 Å². The van der Waals surface area contributed by atoms with E-state index in [1.807, 2.05) is 6.08 Å². The highest BCUT2D eigenvalue weighted by atomic mass is 35.5. The molecule has 0 aromatic carbocycles. The number of pyridine rings is 2. The van der Waals surface area contributed by atoms with Crippen LogP contribution in [0.15, 0.2) is 41.3 Å². The lowest BCUT2D eigenvalue weighted by molar-refractivity contribution is -0.141. The summed E-state index contributed by atoms with van der Waals surface area (Å²) in [6.07, 6.45) is 0.841. The molecule has 2 fully saturated rings. The average molecular weight is 697 g/mol. The molecule has 2 unspecified atom stereocenters. The van der Waals surface area contributed by atoms with E-state index in [1.54, 1.807) is 9.47 Å². The van der Waals surface area contributed by atoms with Crippen molar-refractivity contribution in [2.45, 2.75) is 49.7 Å². The highest BCUT2D eigenvalue weighted by molar-refractivity contribution is 6.32. The van der Waals surface area contributed by atoms with Crippen LogP contribution in [0.3, 0.4) is 0 Å². The minimum absolute atomic E-state index is 0.0365. The van der Waals surface area contributed by atoms with Gasteiger partial charge in [-0.15, -0.1) is 5.10 Å². The molecule has 49 heavy (non-hydrogen) atoms. The minimum Gasteiger partial charge on any atom is -0.505 e. The molecule has 2 aliphatic carbocycles. The zero-order valence-corrected chi connectivity index (χ0v) is 26.5. The molecule has 0 bridgehead atoms. The Hall–Kier alpha value is -4.83. The Balaban J connectivity index is 1.17. The SMILES string of the molecule is O=C(Cn1c2c(c(=O)n3nc(C4=CCOCC4)nc13)C1(CCN(C(=O)c3ncccc3O)CC1)C1CC21)Nc1ccc(C(F)(F)F)nc1Cl. The molecule has 6 heterocycles. The average Bonchev–Trinajstić information content (AvgIpc) is 3.68. The fraction of sp³-hybridized carbons (Fsp3) is 0.406. The van der Waals surface area contributed by atoms with Gasteiger partial charge in [-0.25, -0.2) is 9.97 Å². The molecule has 2 N–H and O–H groups in total. The van der Waals surface area contributed by atoms with Crippen LogP contribution in [-0.4, -0.2) is 77.3 Å². The van der Waals surface area contributed by atoms with E-state index in [0.717, 1.165) is 24.1 Å². The maximum atomic E-state index is 14.4. The lowest BCUT2D eigenvalue weighted by Gasteiger charge is -2.41. The number of aromatic hydroxyl groups is 1. The first-order chi connectivity index (χ1) is 23.5. The highest BCUT2D eigenvalue weighted by Gasteiger charge is 2.64. The number of aromatic nitrogens is 6. The second-order valence-electron chi connectivity index (χ2n) is 12.7. The largest absolute Gasteiger partial charge is 0.505 e. The summed E-state index contributed by atoms with van der Waals surface area (Å²) in [5.41, 5.74) is -0.232. The summed E-state index contributed by atoms with van der Waals surface area (Å²) in [5.74, 6) is -0.654. The standard InChI is InChI=1S/C32H28ClF3N8O5/c33-26-19(3-4-21(39-26)32(34,35)36)38-22(46)15-43-25-17-14-18(17)31(7-10-42(11-8-31)29(48)24-20(45)2-1-9-37-24)23(25)28(47)44-30(43)40-27(41-44)16-5-12-49-13-6-16/h1-5,9,17-18,45H,6-8,10-15H2,(H,38,46). The first kappa shape index (κ1) is 31.4. The second kappa shape index (κ2) is 11.4. The normalized spacial score (nSPS) is 21.0. The molecule has 254 valence electrons. The number of piperidine rings is 1. The molecule has 2 amide bonds. The molecule has 8 rings (SSSR count). The minimum atomic E-state index is -4.71. The van der Waals surface area contributed by atoms with Crippen LogP contribution in [0.25, 0.3) is 11.4 Å². The van der Waals surface area contributed by atoms with Gasteiger partial charge in [0.1, 0.15) is 18.0 Å². The number of hydrogen-bond donors (Lipinski definition) is 2. The number of halogens is 4. The van der Waals surface area contributed by atoms with Crippen LogP contribution in [0, 0.1) is 5.92 Å². The number of carbonyl (C=O) groups excluding carboxylic acids is 2. The zero-order chi connectivity index (χ0) is 34.2. The summed E-state index contributed by atoms with van der Waals surface area (Å²) in [4.78, 5) is 55.0. The van der Waals surface area contributed by atoms with Gasteiger partial charge in [-0.3, -0.25) is 14.4 Å². The summed E-state index contributed by atoms with van der Waals surface area (Å²) in [5, 5.41) is 16.9. The van der Waals surface area contributed by atoms with Gasteiger partial charge in [-0.1, -0.05) is 17.7 Å². The van der Waals surface area contributed by atoms with E-state index in [4.69, 9.17) is 21.3 Å². The maximum Gasteiger partial charge on any atom is 0.433 e. The maximum absolute atomic E-state index is 14.4. The Kier molecular flexibility index (Phi) is 7.30. The summed E-state index contributed by atoms with van der Waals surface area (Å²) in [7, 11) is 0. The molecule has 4 aromatic rings. The van der Waals surface area contributed by atoms with E-state index < -0.39 is 34.3 Å². The number of hydrogen-bond acceptors (Lipinski definition) is 9. The van der Waals surface area contributed by atoms with Crippen molar-refractivity contribution in [2.75, 3.05) is 31.6 Å². The van der Waals surface area contributed by atoms with Gasteiger partial charge in [0.2, 0.25) is 11.7 Å². The molecular formula is C32H28ClF3N8O5. The number of amides is 2. The molecule has 17 heteroatoms. The van der Waals surface area contributed by atoms with Crippen molar-refractivity contribution in [3.05, 3.63) is 80.5 Å². The molecule has 0 radical (unpaired) electrons. The van der Waals surface area contributed by atoms with Gasteiger partial charge in [0, 0.05) is 41.9 Å². The third kappa shape index (κ3) is 5.15. The van der Waals surface area contributed by atoms with Crippen LogP contribution >= 0.6 is 11.6 Å². The van der Waals surface area contributed by atoms with Gasteiger partial charge in [-0.05, 0) is 61.4 Å². The van der Waals surface area contributed by atoms with E-state index >= 15 is 0 Å². The molecule has 4 aromatic heterocycles. The first-order valence-corrected chi connectivity index (χ1v) is 16.1. The summed E-state index contributed by atoms with van der Waals surface area (Å²) < 4.78 is 47.8. The quantitative estimate of drug-likeness (QED) is 0.297. The second-order valence-corrected chi connectivity index (χ2v) is 13.1. The number of rotatable bonds is 5. The van der Waals surface area contributed by atoms with Crippen LogP contribution in [0.2, 0.25) is 5.15 Å². The Morgan fingerprint density at radius 1 is 1.16 bits per heavy atom. The summed E-state index contributed by atoms with van der Waals surface area (Å²) >= 11 is 6.03. The molecule has 2 atom stereocenters. The molecule has 1 spiro atoms. The Morgan fingerprint density at radius 3 is 2.65 bits per heavy atom. The van der Waals surface area contributed by atoms with Gasteiger partial charge in [-0.2, -0.15) is 22.7 Å². The summed E-state index contributed by atoms with van der Waals surface area (Å²) in [6, 6.07) is 4.71. The lowest BCUT2D eigenvalue weighted by Crippen LogP contribution is -2.48. The van der Waals surface area contributed by atoms with Crippen LogP contribution < -0.4 is 10.9 Å². The fourth-order valence-corrected chi connectivity index (χ4v) is 7.90. The van der Waals surface area contributed by atoms with Crippen LogP contribution in [-0.2, 0) is 27.7 Å². The Morgan fingerprint density at radius 2 is 1.96 bits per heavy atom. The summed E-state index contributed by atoms with van der Waals surface area (Å²) in [6.45, 7) is 1.15. The number of nitrogens with one attached hydrogen (secondary N) is 1. The molecule has 1 saturated carbocycles. The van der Waals surface area contributed by atoms with Crippen molar-refractivity contribution in [1.29, 1.82) is 0 Å². The molecule has 1 saturated heterocycles. The van der Waals surface area contributed by atoms with Crippen LogP contribution in [0.1, 0.15) is 64.9 Å². The number of ether oxygens (including phenoxy) is 1. The van der Waals surface area contributed by atoms with E-state index in [0.29, 0.717) is 62.6 Å². The molecule has 4 aliphatic rings. The monoisotopic (exact) mass is 696 g/mol.